The van der Waals surface area contributed by atoms with Gasteiger partial charge in [-0.05, 0) is 50.9 Å². The van der Waals surface area contributed by atoms with Crippen LogP contribution in [0.4, 0.5) is 5.69 Å². The molecular formula is C15H22N2. The molecule has 2 fully saturated rings. The standard InChI is InChI=1S/C15H22N2/c1-16-11-5-8-14(16)13-6-3-4-7-15(13)17(2)12-9-10-12/h3-4,6-7,12,14H,5,8-11H2,1-2H3. The number of para-hydroxylation sites is 1. The molecular weight excluding hydrogens is 208 g/mol. The molecule has 92 valence electrons. The van der Waals surface area contributed by atoms with Crippen LogP contribution in [-0.4, -0.2) is 31.6 Å². The van der Waals surface area contributed by atoms with Crippen molar-refractivity contribution in [1.29, 1.82) is 0 Å². The summed E-state index contributed by atoms with van der Waals surface area (Å²) in [5.41, 5.74) is 2.98. The van der Waals surface area contributed by atoms with Crippen LogP contribution in [0.15, 0.2) is 24.3 Å². The molecule has 2 aliphatic rings. The third-order valence-electron chi connectivity index (χ3n) is 4.29. The van der Waals surface area contributed by atoms with Gasteiger partial charge in [-0.3, -0.25) is 4.90 Å². The van der Waals surface area contributed by atoms with Crippen molar-refractivity contribution in [2.24, 2.45) is 0 Å². The number of benzene rings is 1. The van der Waals surface area contributed by atoms with Gasteiger partial charge in [-0.15, -0.1) is 0 Å². The van der Waals surface area contributed by atoms with Gasteiger partial charge in [0, 0.05) is 24.8 Å². The first-order valence-electron chi connectivity index (χ1n) is 6.79. The highest BCUT2D eigenvalue weighted by Crippen LogP contribution is 2.39. The molecule has 0 aromatic heterocycles. The molecule has 1 unspecified atom stereocenters. The van der Waals surface area contributed by atoms with Crippen molar-refractivity contribution in [3.63, 3.8) is 0 Å². The van der Waals surface area contributed by atoms with E-state index in [0.717, 1.165) is 6.04 Å². The van der Waals surface area contributed by atoms with Gasteiger partial charge in [0.1, 0.15) is 0 Å². The second kappa shape index (κ2) is 4.34. The fraction of sp³-hybridized carbons (Fsp3) is 0.600. The Bertz CT molecular complexity index is 398. The smallest absolute Gasteiger partial charge is 0.0414 e. The molecule has 2 nitrogen and oxygen atoms in total. The Balaban J connectivity index is 1.92. The van der Waals surface area contributed by atoms with Gasteiger partial charge in [0.15, 0.2) is 0 Å². The monoisotopic (exact) mass is 230 g/mol. The van der Waals surface area contributed by atoms with Crippen molar-refractivity contribution in [2.75, 3.05) is 25.5 Å². The molecule has 0 spiro atoms. The molecule has 1 aromatic rings. The minimum Gasteiger partial charge on any atom is -0.371 e. The van der Waals surface area contributed by atoms with Gasteiger partial charge in [0.25, 0.3) is 0 Å². The van der Waals surface area contributed by atoms with Crippen LogP contribution in [-0.2, 0) is 0 Å². The maximum Gasteiger partial charge on any atom is 0.0414 e. The van der Waals surface area contributed by atoms with Crippen molar-refractivity contribution in [2.45, 2.75) is 37.8 Å². The lowest BCUT2D eigenvalue weighted by atomic mass is 10.0. The van der Waals surface area contributed by atoms with Crippen molar-refractivity contribution in [3.8, 4) is 0 Å². The van der Waals surface area contributed by atoms with E-state index in [1.165, 1.54) is 43.5 Å². The molecule has 1 saturated heterocycles. The summed E-state index contributed by atoms with van der Waals surface area (Å²) in [5.74, 6) is 0. The fourth-order valence-electron chi connectivity index (χ4n) is 3.05. The van der Waals surface area contributed by atoms with E-state index in [2.05, 4.69) is 48.2 Å². The first kappa shape index (κ1) is 11.1. The largest absolute Gasteiger partial charge is 0.371 e. The predicted octanol–water partition coefficient (Wildman–Crippen LogP) is 3.05. The zero-order valence-corrected chi connectivity index (χ0v) is 10.9. The topological polar surface area (TPSA) is 6.48 Å². The lowest BCUT2D eigenvalue weighted by Crippen LogP contribution is -2.24. The number of hydrogen-bond donors (Lipinski definition) is 0. The van der Waals surface area contributed by atoms with E-state index < -0.39 is 0 Å². The Kier molecular flexibility index (Phi) is 2.83. The summed E-state index contributed by atoms with van der Waals surface area (Å²) in [7, 11) is 4.51. The number of hydrogen-bond acceptors (Lipinski definition) is 2. The number of rotatable bonds is 3. The zero-order chi connectivity index (χ0) is 11.8. The van der Waals surface area contributed by atoms with E-state index >= 15 is 0 Å². The summed E-state index contributed by atoms with van der Waals surface area (Å²) in [6, 6.07) is 10.4. The molecule has 0 amide bonds. The Labute approximate surface area is 104 Å². The Hall–Kier alpha value is -1.02. The molecule has 3 rings (SSSR count). The fourth-order valence-corrected chi connectivity index (χ4v) is 3.05. The van der Waals surface area contributed by atoms with Crippen LogP contribution in [0.3, 0.4) is 0 Å². The minimum absolute atomic E-state index is 0.632. The van der Waals surface area contributed by atoms with Gasteiger partial charge >= 0.3 is 0 Å². The average molecular weight is 230 g/mol. The van der Waals surface area contributed by atoms with Crippen LogP contribution in [0.25, 0.3) is 0 Å². The van der Waals surface area contributed by atoms with Crippen molar-refractivity contribution < 1.29 is 0 Å². The van der Waals surface area contributed by atoms with E-state index in [1.807, 2.05) is 0 Å². The first-order valence-corrected chi connectivity index (χ1v) is 6.79. The zero-order valence-electron chi connectivity index (χ0n) is 10.9. The predicted molar refractivity (Wildman–Crippen MR) is 72.5 cm³/mol. The average Bonchev–Trinajstić information content (AvgIpc) is 3.11. The molecule has 0 radical (unpaired) electrons. The molecule has 0 N–H and O–H groups in total. The maximum absolute atomic E-state index is 2.50. The van der Waals surface area contributed by atoms with Crippen LogP contribution in [0.5, 0.6) is 0 Å². The summed E-state index contributed by atoms with van der Waals surface area (Å²) in [6.07, 6.45) is 5.38. The Morgan fingerprint density at radius 2 is 1.94 bits per heavy atom. The van der Waals surface area contributed by atoms with Crippen LogP contribution in [0, 0.1) is 0 Å². The second-order valence-corrected chi connectivity index (χ2v) is 5.54. The molecule has 1 aliphatic carbocycles. The number of nitrogens with zero attached hydrogens (tertiary/aromatic N) is 2. The van der Waals surface area contributed by atoms with Crippen molar-refractivity contribution in [3.05, 3.63) is 29.8 Å². The Morgan fingerprint density at radius 1 is 1.18 bits per heavy atom. The normalized spacial score (nSPS) is 25.2. The van der Waals surface area contributed by atoms with E-state index in [4.69, 9.17) is 0 Å². The van der Waals surface area contributed by atoms with Crippen LogP contribution in [0.1, 0.15) is 37.3 Å². The molecule has 2 heteroatoms. The third-order valence-corrected chi connectivity index (χ3v) is 4.29. The Morgan fingerprint density at radius 3 is 2.59 bits per heavy atom. The van der Waals surface area contributed by atoms with E-state index in [-0.39, 0.29) is 0 Å². The van der Waals surface area contributed by atoms with E-state index in [0.29, 0.717) is 6.04 Å². The number of likely N-dealkylation sites (tertiary alicyclic amines) is 1. The van der Waals surface area contributed by atoms with Crippen LogP contribution < -0.4 is 4.90 Å². The molecule has 1 aliphatic heterocycles. The van der Waals surface area contributed by atoms with Crippen LogP contribution >= 0.6 is 0 Å². The van der Waals surface area contributed by atoms with Gasteiger partial charge in [0.2, 0.25) is 0 Å². The second-order valence-electron chi connectivity index (χ2n) is 5.54. The molecule has 1 saturated carbocycles. The lowest BCUT2D eigenvalue weighted by molar-refractivity contribution is 0.317. The molecule has 1 heterocycles. The minimum atomic E-state index is 0.632. The van der Waals surface area contributed by atoms with Gasteiger partial charge in [-0.2, -0.15) is 0 Å². The maximum atomic E-state index is 2.50. The van der Waals surface area contributed by atoms with E-state index in [1.54, 1.807) is 0 Å². The van der Waals surface area contributed by atoms with Gasteiger partial charge in [-0.25, -0.2) is 0 Å². The molecule has 1 aromatic carbocycles. The lowest BCUT2D eigenvalue weighted by Gasteiger charge is -2.28. The first-order chi connectivity index (χ1) is 8.27. The van der Waals surface area contributed by atoms with Crippen LogP contribution in [0.2, 0.25) is 0 Å². The van der Waals surface area contributed by atoms with E-state index in [9.17, 15) is 0 Å². The van der Waals surface area contributed by atoms with Gasteiger partial charge < -0.3 is 4.90 Å². The quantitative estimate of drug-likeness (QED) is 0.787. The highest BCUT2D eigenvalue weighted by atomic mass is 15.2. The molecule has 17 heavy (non-hydrogen) atoms. The van der Waals surface area contributed by atoms with Crippen molar-refractivity contribution >= 4 is 5.69 Å². The summed E-state index contributed by atoms with van der Waals surface area (Å²) in [5, 5.41) is 0. The van der Waals surface area contributed by atoms with Crippen molar-refractivity contribution in [1.82, 2.24) is 4.90 Å². The van der Waals surface area contributed by atoms with Gasteiger partial charge in [-0.1, -0.05) is 18.2 Å². The summed E-state index contributed by atoms with van der Waals surface area (Å²) in [4.78, 5) is 4.99. The van der Waals surface area contributed by atoms with Gasteiger partial charge in [0.05, 0.1) is 0 Å². The molecule has 0 bridgehead atoms. The third kappa shape index (κ3) is 2.06. The summed E-state index contributed by atoms with van der Waals surface area (Å²) < 4.78 is 0. The summed E-state index contributed by atoms with van der Waals surface area (Å²) in [6.45, 7) is 1.24. The highest BCUT2D eigenvalue weighted by molar-refractivity contribution is 5.56. The summed E-state index contributed by atoms with van der Waals surface area (Å²) >= 11 is 0. The number of anilines is 1. The SMILES string of the molecule is CN1CCCC1c1ccccc1N(C)C1CC1. The highest BCUT2D eigenvalue weighted by Gasteiger charge is 2.30. The molecule has 1 atom stereocenters.